The van der Waals surface area contributed by atoms with Crippen molar-refractivity contribution in [2.45, 2.75) is 27.7 Å². The number of nitrogens with zero attached hydrogens (tertiary/aromatic N) is 1. The monoisotopic (exact) mass is 371 g/mol. The molecule has 0 saturated carbocycles. The maximum atomic E-state index is 13.3. The van der Waals surface area contributed by atoms with Gasteiger partial charge < -0.3 is 10.6 Å². The third kappa shape index (κ3) is 5.81. The normalized spacial score (nSPS) is 11.0. The summed E-state index contributed by atoms with van der Waals surface area (Å²) in [6.45, 7) is 7.92. The molecule has 0 bridgehead atoms. The number of carbonyl (C=O) groups is 2. The molecular formula is C21H26FN3O2. The molecule has 2 aromatic rings. The number of anilines is 2. The van der Waals surface area contributed by atoms with E-state index in [4.69, 9.17) is 0 Å². The highest BCUT2D eigenvalue weighted by Gasteiger charge is 2.22. The molecule has 0 saturated heterocycles. The number of hydrogen-bond acceptors (Lipinski definition) is 2. The second-order valence-corrected chi connectivity index (χ2v) is 7.38. The van der Waals surface area contributed by atoms with Crippen LogP contribution in [0.15, 0.2) is 48.5 Å². The van der Waals surface area contributed by atoms with E-state index < -0.39 is 5.41 Å². The molecule has 0 spiro atoms. The van der Waals surface area contributed by atoms with Gasteiger partial charge in [-0.15, -0.1) is 0 Å². The Bertz CT molecular complexity index is 798. The first-order valence-electron chi connectivity index (χ1n) is 8.86. The third-order valence-corrected chi connectivity index (χ3v) is 4.07. The molecule has 0 aliphatic rings. The van der Waals surface area contributed by atoms with Gasteiger partial charge in [-0.3, -0.25) is 9.69 Å². The van der Waals surface area contributed by atoms with Crippen molar-refractivity contribution in [3.05, 3.63) is 59.9 Å². The van der Waals surface area contributed by atoms with Crippen LogP contribution in [-0.4, -0.2) is 25.0 Å². The summed E-state index contributed by atoms with van der Waals surface area (Å²) < 4.78 is 13.3. The lowest BCUT2D eigenvalue weighted by molar-refractivity contribution is -0.128. The van der Waals surface area contributed by atoms with Crippen LogP contribution in [0.2, 0.25) is 0 Å². The fourth-order valence-electron chi connectivity index (χ4n) is 2.41. The number of amides is 3. The van der Waals surface area contributed by atoms with E-state index in [0.717, 1.165) is 5.56 Å². The highest BCUT2D eigenvalue weighted by molar-refractivity contribution is 6.02. The van der Waals surface area contributed by atoms with Gasteiger partial charge in [0.2, 0.25) is 5.91 Å². The minimum atomic E-state index is -0.510. The second kappa shape index (κ2) is 8.66. The molecule has 0 unspecified atom stereocenters. The number of aryl methyl sites for hydroxylation is 1. The van der Waals surface area contributed by atoms with Gasteiger partial charge in [-0.1, -0.05) is 39.0 Å². The number of benzene rings is 2. The summed E-state index contributed by atoms with van der Waals surface area (Å²) in [6, 6.07) is 12.8. The number of nitrogens with one attached hydrogen (secondary N) is 2. The quantitative estimate of drug-likeness (QED) is 0.821. The Hall–Kier alpha value is -2.89. The van der Waals surface area contributed by atoms with Crippen molar-refractivity contribution in [1.82, 2.24) is 5.32 Å². The molecule has 0 heterocycles. The zero-order chi connectivity index (χ0) is 20.0. The van der Waals surface area contributed by atoms with E-state index in [1.807, 2.05) is 52.0 Å². The van der Waals surface area contributed by atoms with Crippen molar-refractivity contribution in [1.29, 1.82) is 0 Å². The number of halogens is 1. The van der Waals surface area contributed by atoms with E-state index in [2.05, 4.69) is 10.6 Å². The minimum absolute atomic E-state index is 0.0964. The molecular weight excluding hydrogens is 345 g/mol. The van der Waals surface area contributed by atoms with Gasteiger partial charge in [0.25, 0.3) is 0 Å². The van der Waals surface area contributed by atoms with Crippen LogP contribution >= 0.6 is 0 Å². The Balaban J connectivity index is 2.14. The Kier molecular flexibility index (Phi) is 6.55. The SMILES string of the molecule is Cc1ccccc1NC(=O)N(CCNC(=O)C(C)(C)C)c1ccc(F)cc1. The summed E-state index contributed by atoms with van der Waals surface area (Å²) in [5.74, 6) is -0.472. The topological polar surface area (TPSA) is 61.4 Å². The van der Waals surface area contributed by atoms with Gasteiger partial charge in [0.1, 0.15) is 5.82 Å². The number of urea groups is 1. The summed E-state index contributed by atoms with van der Waals surface area (Å²) in [5.41, 5.74) is 1.68. The molecule has 3 amide bonds. The molecule has 0 aromatic heterocycles. The van der Waals surface area contributed by atoms with Gasteiger partial charge in [0.05, 0.1) is 0 Å². The molecule has 27 heavy (non-hydrogen) atoms. The zero-order valence-electron chi connectivity index (χ0n) is 16.2. The molecule has 0 radical (unpaired) electrons. The zero-order valence-corrected chi connectivity index (χ0v) is 16.2. The van der Waals surface area contributed by atoms with Crippen LogP contribution in [0.5, 0.6) is 0 Å². The Morgan fingerprint density at radius 2 is 1.67 bits per heavy atom. The van der Waals surface area contributed by atoms with Gasteiger partial charge in [-0.2, -0.15) is 0 Å². The van der Waals surface area contributed by atoms with Gasteiger partial charge in [-0.05, 0) is 42.8 Å². The lowest BCUT2D eigenvalue weighted by atomic mass is 9.96. The van der Waals surface area contributed by atoms with E-state index in [1.54, 1.807) is 12.1 Å². The first kappa shape index (κ1) is 20.4. The van der Waals surface area contributed by atoms with Crippen LogP contribution in [0, 0.1) is 18.2 Å². The predicted octanol–water partition coefficient (Wildman–Crippen LogP) is 4.33. The van der Waals surface area contributed by atoms with Crippen molar-refractivity contribution >= 4 is 23.3 Å². The highest BCUT2D eigenvalue weighted by atomic mass is 19.1. The van der Waals surface area contributed by atoms with Crippen molar-refractivity contribution in [3.8, 4) is 0 Å². The summed E-state index contributed by atoms with van der Waals surface area (Å²) in [7, 11) is 0. The first-order chi connectivity index (χ1) is 12.7. The molecule has 0 atom stereocenters. The average Bonchev–Trinajstić information content (AvgIpc) is 2.60. The number of hydrogen-bond donors (Lipinski definition) is 2. The fourth-order valence-corrected chi connectivity index (χ4v) is 2.41. The molecule has 2 N–H and O–H groups in total. The van der Waals surface area contributed by atoms with Crippen molar-refractivity contribution < 1.29 is 14.0 Å². The van der Waals surface area contributed by atoms with E-state index in [-0.39, 0.29) is 30.8 Å². The molecule has 0 fully saturated rings. The van der Waals surface area contributed by atoms with E-state index >= 15 is 0 Å². The Morgan fingerprint density at radius 3 is 2.26 bits per heavy atom. The van der Waals surface area contributed by atoms with E-state index in [0.29, 0.717) is 11.4 Å². The molecule has 0 aliphatic heterocycles. The van der Waals surface area contributed by atoms with E-state index in [9.17, 15) is 14.0 Å². The fraction of sp³-hybridized carbons (Fsp3) is 0.333. The van der Waals surface area contributed by atoms with Crippen molar-refractivity contribution in [3.63, 3.8) is 0 Å². The summed E-state index contributed by atoms with van der Waals surface area (Å²) in [6.07, 6.45) is 0. The maximum Gasteiger partial charge on any atom is 0.326 e. The Morgan fingerprint density at radius 1 is 1.04 bits per heavy atom. The molecule has 2 aromatic carbocycles. The molecule has 5 nitrogen and oxygen atoms in total. The molecule has 6 heteroatoms. The molecule has 0 aliphatic carbocycles. The Labute approximate surface area is 159 Å². The van der Waals surface area contributed by atoms with Gasteiger partial charge in [0.15, 0.2) is 0 Å². The summed E-state index contributed by atoms with van der Waals surface area (Å²) in [4.78, 5) is 26.4. The largest absolute Gasteiger partial charge is 0.354 e. The third-order valence-electron chi connectivity index (χ3n) is 4.07. The smallest absolute Gasteiger partial charge is 0.326 e. The predicted molar refractivity (Wildman–Crippen MR) is 106 cm³/mol. The van der Waals surface area contributed by atoms with Crippen LogP contribution < -0.4 is 15.5 Å². The van der Waals surface area contributed by atoms with Crippen LogP contribution in [0.1, 0.15) is 26.3 Å². The van der Waals surface area contributed by atoms with Crippen LogP contribution in [0.25, 0.3) is 0 Å². The van der Waals surface area contributed by atoms with Crippen molar-refractivity contribution in [2.24, 2.45) is 5.41 Å². The minimum Gasteiger partial charge on any atom is -0.354 e. The maximum absolute atomic E-state index is 13.3. The van der Waals surface area contributed by atoms with Crippen LogP contribution in [0.4, 0.5) is 20.6 Å². The summed E-state index contributed by atoms with van der Waals surface area (Å²) >= 11 is 0. The van der Waals surface area contributed by atoms with Crippen LogP contribution in [0.3, 0.4) is 0 Å². The van der Waals surface area contributed by atoms with Gasteiger partial charge >= 0.3 is 6.03 Å². The average molecular weight is 371 g/mol. The van der Waals surface area contributed by atoms with Crippen LogP contribution in [-0.2, 0) is 4.79 Å². The number of rotatable bonds is 5. The standard InChI is InChI=1S/C21H26FN3O2/c1-15-7-5-6-8-18(15)24-20(27)25(17-11-9-16(22)10-12-17)14-13-23-19(26)21(2,3)4/h5-12H,13-14H2,1-4H3,(H,23,26)(H,24,27). The first-order valence-corrected chi connectivity index (χ1v) is 8.86. The summed E-state index contributed by atoms with van der Waals surface area (Å²) in [5, 5.41) is 5.70. The second-order valence-electron chi connectivity index (χ2n) is 7.38. The number of carbonyl (C=O) groups excluding carboxylic acids is 2. The van der Waals surface area contributed by atoms with Crippen molar-refractivity contribution in [2.75, 3.05) is 23.3 Å². The van der Waals surface area contributed by atoms with Gasteiger partial charge in [0, 0.05) is 29.9 Å². The lowest BCUT2D eigenvalue weighted by Gasteiger charge is -2.25. The number of para-hydroxylation sites is 1. The van der Waals surface area contributed by atoms with Gasteiger partial charge in [-0.25, -0.2) is 9.18 Å². The molecule has 144 valence electrons. The highest BCUT2D eigenvalue weighted by Crippen LogP contribution is 2.19. The molecule has 2 rings (SSSR count). The lowest BCUT2D eigenvalue weighted by Crippen LogP contribution is -2.43. The van der Waals surface area contributed by atoms with E-state index in [1.165, 1.54) is 17.0 Å².